The van der Waals surface area contributed by atoms with E-state index < -0.39 is 10.0 Å². The Morgan fingerprint density at radius 3 is 2.94 bits per heavy atom. The molecule has 0 radical (unpaired) electrons. The molecule has 0 aromatic carbocycles. The number of hydrogen-bond acceptors (Lipinski definition) is 5. The van der Waals surface area contributed by atoms with Crippen LogP contribution in [0.15, 0.2) is 22.8 Å². The van der Waals surface area contributed by atoms with E-state index in [2.05, 4.69) is 5.32 Å². The van der Waals surface area contributed by atoms with Gasteiger partial charge in [0.2, 0.25) is 10.0 Å². The smallest absolute Gasteiger partial charge is 0.209 e. The molecule has 90 valence electrons. The molecule has 16 heavy (non-hydrogen) atoms. The van der Waals surface area contributed by atoms with Crippen molar-refractivity contribution in [2.45, 2.75) is 6.54 Å². The number of primary sulfonamides is 1. The van der Waals surface area contributed by atoms with Gasteiger partial charge >= 0.3 is 0 Å². The van der Waals surface area contributed by atoms with Crippen LogP contribution in [0.25, 0.3) is 0 Å². The summed E-state index contributed by atoms with van der Waals surface area (Å²) in [7, 11) is -3.40. The van der Waals surface area contributed by atoms with Crippen LogP contribution in [0.2, 0.25) is 0 Å². The number of nitrogens with two attached hydrogens (primary N) is 1. The minimum atomic E-state index is -3.40. The summed E-state index contributed by atoms with van der Waals surface area (Å²) in [6.07, 6.45) is 1.58. The minimum absolute atomic E-state index is 0.0831. The van der Waals surface area contributed by atoms with Crippen molar-refractivity contribution in [1.82, 2.24) is 5.32 Å². The molecule has 0 spiro atoms. The lowest BCUT2D eigenvalue weighted by molar-refractivity contribution is 0.504. The highest BCUT2D eigenvalue weighted by Gasteiger charge is 2.04. The average Bonchev–Trinajstić information content (AvgIpc) is 2.65. The van der Waals surface area contributed by atoms with Crippen molar-refractivity contribution in [1.29, 1.82) is 0 Å². The predicted molar refractivity (Wildman–Crippen MR) is 68.6 cm³/mol. The number of thioether (sulfide) groups is 1. The van der Waals surface area contributed by atoms with Crippen LogP contribution in [-0.2, 0) is 16.6 Å². The van der Waals surface area contributed by atoms with Gasteiger partial charge < -0.3 is 9.73 Å². The van der Waals surface area contributed by atoms with Crippen molar-refractivity contribution in [3.8, 4) is 0 Å². The fraction of sp³-hybridized carbons (Fsp3) is 0.375. The third-order valence-electron chi connectivity index (χ3n) is 1.59. The maximum absolute atomic E-state index is 10.6. The maximum Gasteiger partial charge on any atom is 0.209 e. The Labute approximate surface area is 104 Å². The summed E-state index contributed by atoms with van der Waals surface area (Å²) in [5.41, 5.74) is 0. The summed E-state index contributed by atoms with van der Waals surface area (Å²) in [6.45, 7) is 0.494. The molecule has 0 atom stereocenters. The molecule has 0 aliphatic heterocycles. The highest BCUT2D eigenvalue weighted by molar-refractivity contribution is 8.23. The Morgan fingerprint density at radius 2 is 2.38 bits per heavy atom. The van der Waals surface area contributed by atoms with E-state index in [0.29, 0.717) is 16.6 Å². The van der Waals surface area contributed by atoms with Crippen molar-refractivity contribution >= 4 is 38.3 Å². The lowest BCUT2D eigenvalue weighted by atomic mass is 10.4. The molecule has 1 heterocycles. The van der Waals surface area contributed by atoms with E-state index in [9.17, 15) is 8.42 Å². The van der Waals surface area contributed by atoms with Crippen molar-refractivity contribution in [2.75, 3.05) is 11.5 Å². The Bertz CT molecular complexity index is 427. The minimum Gasteiger partial charge on any atom is -0.467 e. The van der Waals surface area contributed by atoms with Gasteiger partial charge in [-0.15, -0.1) is 0 Å². The first kappa shape index (κ1) is 13.5. The first-order valence-electron chi connectivity index (χ1n) is 4.41. The summed E-state index contributed by atoms with van der Waals surface area (Å²) >= 11 is 6.23. The molecule has 0 fully saturated rings. The number of thiocarbonyl (C=S) groups is 1. The van der Waals surface area contributed by atoms with E-state index in [1.54, 1.807) is 12.3 Å². The first-order chi connectivity index (χ1) is 7.47. The van der Waals surface area contributed by atoms with Crippen molar-refractivity contribution in [3.63, 3.8) is 0 Å². The van der Waals surface area contributed by atoms with Crippen LogP contribution in [-0.4, -0.2) is 24.2 Å². The molecular formula is C8H12N2O3S3. The molecule has 3 N–H and O–H groups in total. The average molecular weight is 280 g/mol. The zero-order valence-corrected chi connectivity index (χ0v) is 10.8. The van der Waals surface area contributed by atoms with E-state index in [1.807, 2.05) is 6.07 Å². The van der Waals surface area contributed by atoms with Gasteiger partial charge in [-0.1, -0.05) is 24.0 Å². The van der Waals surface area contributed by atoms with Gasteiger partial charge in [0.15, 0.2) is 0 Å². The molecule has 5 nitrogen and oxygen atoms in total. The second-order valence-electron chi connectivity index (χ2n) is 2.94. The summed E-state index contributed by atoms with van der Waals surface area (Å²) in [6, 6.07) is 3.61. The fourth-order valence-corrected chi connectivity index (χ4v) is 2.82. The third kappa shape index (κ3) is 6.11. The van der Waals surface area contributed by atoms with E-state index in [-0.39, 0.29) is 5.75 Å². The first-order valence-corrected chi connectivity index (χ1v) is 7.52. The van der Waals surface area contributed by atoms with E-state index in [1.165, 1.54) is 11.8 Å². The standard InChI is InChI=1S/C8H12N2O3S3/c9-16(11,12)5-4-15-8(14)10-6-7-2-1-3-13-7/h1-3H,4-6H2,(H,10,14)(H2,9,11,12). The molecule has 0 bridgehead atoms. The Kier molecular flexibility index (Phi) is 5.26. The number of furan rings is 1. The van der Waals surface area contributed by atoms with Crippen LogP contribution in [0.3, 0.4) is 0 Å². The normalized spacial score (nSPS) is 11.3. The highest BCUT2D eigenvalue weighted by atomic mass is 32.2. The molecule has 0 aliphatic rings. The molecular weight excluding hydrogens is 268 g/mol. The Morgan fingerprint density at radius 1 is 1.62 bits per heavy atom. The second-order valence-corrected chi connectivity index (χ2v) is 6.44. The van der Waals surface area contributed by atoms with E-state index >= 15 is 0 Å². The zero-order chi connectivity index (χ0) is 12.0. The van der Waals surface area contributed by atoms with Gasteiger partial charge in [0.25, 0.3) is 0 Å². The third-order valence-corrected chi connectivity index (χ3v) is 3.93. The Balaban J connectivity index is 2.17. The molecule has 0 saturated heterocycles. The lowest BCUT2D eigenvalue weighted by Gasteiger charge is -2.04. The van der Waals surface area contributed by atoms with Crippen LogP contribution >= 0.6 is 24.0 Å². The van der Waals surface area contributed by atoms with Crippen LogP contribution < -0.4 is 10.5 Å². The summed E-state index contributed by atoms with van der Waals surface area (Å²) in [4.78, 5) is 0. The van der Waals surface area contributed by atoms with Crippen LogP contribution in [0.4, 0.5) is 0 Å². The van der Waals surface area contributed by atoms with Crippen molar-refractivity contribution < 1.29 is 12.8 Å². The summed E-state index contributed by atoms with van der Waals surface area (Å²) < 4.78 is 26.9. The summed E-state index contributed by atoms with van der Waals surface area (Å²) in [5.74, 6) is 1.04. The highest BCUT2D eigenvalue weighted by Crippen LogP contribution is 2.05. The number of nitrogens with one attached hydrogen (secondary N) is 1. The van der Waals surface area contributed by atoms with Gasteiger partial charge in [0, 0.05) is 5.75 Å². The number of hydrogen-bond donors (Lipinski definition) is 2. The molecule has 0 unspecified atom stereocenters. The topological polar surface area (TPSA) is 85.3 Å². The monoisotopic (exact) mass is 280 g/mol. The Hall–Kier alpha value is -0.570. The van der Waals surface area contributed by atoms with Gasteiger partial charge in [0.05, 0.1) is 18.6 Å². The largest absolute Gasteiger partial charge is 0.467 e. The van der Waals surface area contributed by atoms with Gasteiger partial charge in [-0.3, -0.25) is 0 Å². The molecule has 0 amide bonds. The molecule has 0 saturated carbocycles. The predicted octanol–water partition coefficient (Wildman–Crippen LogP) is 0.676. The molecule has 0 aliphatic carbocycles. The summed E-state index contributed by atoms with van der Waals surface area (Å²) in [5, 5.41) is 7.79. The maximum atomic E-state index is 10.6. The van der Waals surface area contributed by atoms with Crippen LogP contribution in [0.5, 0.6) is 0 Å². The molecule has 8 heteroatoms. The molecule has 1 rings (SSSR count). The van der Waals surface area contributed by atoms with E-state index in [4.69, 9.17) is 21.8 Å². The van der Waals surface area contributed by atoms with Gasteiger partial charge in [-0.05, 0) is 12.1 Å². The quantitative estimate of drug-likeness (QED) is 0.771. The molecule has 1 aromatic heterocycles. The van der Waals surface area contributed by atoms with Crippen molar-refractivity contribution in [2.24, 2.45) is 5.14 Å². The number of rotatable bonds is 5. The van der Waals surface area contributed by atoms with Crippen LogP contribution in [0, 0.1) is 0 Å². The second kappa shape index (κ2) is 6.24. The van der Waals surface area contributed by atoms with Gasteiger partial charge in [0.1, 0.15) is 10.1 Å². The van der Waals surface area contributed by atoms with Gasteiger partial charge in [-0.2, -0.15) is 0 Å². The number of sulfonamides is 1. The van der Waals surface area contributed by atoms with Crippen molar-refractivity contribution in [3.05, 3.63) is 24.2 Å². The van der Waals surface area contributed by atoms with E-state index in [0.717, 1.165) is 5.76 Å². The lowest BCUT2D eigenvalue weighted by Crippen LogP contribution is -2.21. The molecule has 1 aromatic rings. The fourth-order valence-electron chi connectivity index (χ4n) is 0.874. The van der Waals surface area contributed by atoms with Crippen LogP contribution in [0.1, 0.15) is 5.76 Å². The SMILES string of the molecule is NS(=O)(=O)CCSC(=S)NCc1ccco1. The van der Waals surface area contributed by atoms with Gasteiger partial charge in [-0.25, -0.2) is 13.6 Å². The zero-order valence-electron chi connectivity index (χ0n) is 8.38.